The van der Waals surface area contributed by atoms with Crippen LogP contribution in [-0.4, -0.2) is 65.5 Å². The number of alkyl halides is 2. The van der Waals surface area contributed by atoms with E-state index in [0.29, 0.717) is 60.8 Å². The fourth-order valence-corrected chi connectivity index (χ4v) is 4.13. The molecule has 0 saturated carbocycles. The molecule has 10 heteroatoms. The molecule has 2 aliphatic rings. The van der Waals surface area contributed by atoms with Crippen LogP contribution >= 0.6 is 0 Å². The third-order valence-electron chi connectivity index (χ3n) is 5.76. The molecule has 2 aliphatic heterocycles. The van der Waals surface area contributed by atoms with Crippen molar-refractivity contribution in [2.75, 3.05) is 56.2 Å². The van der Waals surface area contributed by atoms with Crippen LogP contribution in [0, 0.1) is 5.92 Å². The van der Waals surface area contributed by atoms with Gasteiger partial charge < -0.3 is 20.3 Å². The Morgan fingerprint density at radius 1 is 1.13 bits per heavy atom. The molecule has 2 N–H and O–H groups in total. The molecule has 4 heterocycles. The zero-order chi connectivity index (χ0) is 21.2. The summed E-state index contributed by atoms with van der Waals surface area (Å²) >= 11 is 0. The van der Waals surface area contributed by atoms with Gasteiger partial charge in [0.05, 0.1) is 24.2 Å². The number of rotatable bonds is 6. The predicted molar refractivity (Wildman–Crippen MR) is 114 cm³/mol. The van der Waals surface area contributed by atoms with Crippen LogP contribution in [0.4, 0.5) is 20.5 Å². The van der Waals surface area contributed by atoms with E-state index in [-0.39, 0.29) is 5.82 Å². The second-order valence-corrected chi connectivity index (χ2v) is 7.84. The summed E-state index contributed by atoms with van der Waals surface area (Å²) in [5.41, 5.74) is 1.10. The van der Waals surface area contributed by atoms with Crippen LogP contribution in [0.3, 0.4) is 0 Å². The summed E-state index contributed by atoms with van der Waals surface area (Å²) in [6.07, 6.45) is -1.64. The van der Waals surface area contributed by atoms with Gasteiger partial charge in [0.15, 0.2) is 5.82 Å². The molecule has 2 fully saturated rings. The highest BCUT2D eigenvalue weighted by molar-refractivity contribution is 5.78. The van der Waals surface area contributed by atoms with Crippen LogP contribution in [0.15, 0.2) is 30.3 Å². The Kier molecular flexibility index (Phi) is 5.65. The van der Waals surface area contributed by atoms with Gasteiger partial charge in [0.2, 0.25) is 5.95 Å². The average Bonchev–Trinajstić information content (AvgIpc) is 3.46. The molecule has 0 radical (unpaired) electrons. The first-order valence-electron chi connectivity index (χ1n) is 10.6. The van der Waals surface area contributed by atoms with Crippen LogP contribution in [0.5, 0.6) is 0 Å². The number of benzene rings is 1. The fourth-order valence-electron chi connectivity index (χ4n) is 4.13. The van der Waals surface area contributed by atoms with E-state index in [1.54, 1.807) is 24.3 Å². The molecule has 0 amide bonds. The normalized spacial score (nSPS) is 19.5. The van der Waals surface area contributed by atoms with Crippen LogP contribution < -0.4 is 15.5 Å². The van der Waals surface area contributed by atoms with Gasteiger partial charge in [-0.05, 0) is 37.6 Å². The summed E-state index contributed by atoms with van der Waals surface area (Å²) in [7, 11) is 0. The van der Waals surface area contributed by atoms with Crippen molar-refractivity contribution in [2.24, 2.45) is 5.92 Å². The van der Waals surface area contributed by atoms with Crippen LogP contribution in [0.25, 0.3) is 16.9 Å². The Hall–Kier alpha value is -2.85. The summed E-state index contributed by atoms with van der Waals surface area (Å²) < 4.78 is 34.7. The molecule has 0 bridgehead atoms. The van der Waals surface area contributed by atoms with Gasteiger partial charge >= 0.3 is 0 Å². The number of para-hydroxylation sites is 2. The lowest BCUT2D eigenvalue weighted by Gasteiger charge is -2.28. The number of fused-ring (bicyclic) bond motifs is 1. The van der Waals surface area contributed by atoms with Gasteiger partial charge in [0.1, 0.15) is 11.6 Å². The molecule has 3 aromatic rings. The van der Waals surface area contributed by atoms with E-state index in [9.17, 15) is 8.78 Å². The minimum Gasteiger partial charge on any atom is -0.378 e. The smallest absolute Gasteiger partial charge is 0.296 e. The lowest BCUT2D eigenvalue weighted by atomic mass is 10.1. The SMILES string of the molecule is FC(F)c1nc2ccccc2n1-c1cc(N2CCOCC2)nc(NC[C@@H]2CCNC2)n1. The predicted octanol–water partition coefficient (Wildman–Crippen LogP) is 2.61. The van der Waals surface area contributed by atoms with Crippen molar-refractivity contribution in [3.05, 3.63) is 36.2 Å². The maximum absolute atomic E-state index is 13.9. The Morgan fingerprint density at radius 3 is 2.71 bits per heavy atom. The lowest BCUT2D eigenvalue weighted by Crippen LogP contribution is -2.37. The third kappa shape index (κ3) is 4.17. The summed E-state index contributed by atoms with van der Waals surface area (Å²) in [5, 5.41) is 6.67. The first kappa shape index (κ1) is 20.1. The maximum atomic E-state index is 13.9. The molecular weight excluding hydrogens is 404 g/mol. The highest BCUT2D eigenvalue weighted by Crippen LogP contribution is 2.29. The average molecular weight is 429 g/mol. The standard InChI is InChI=1S/C21H25F2N7O/c22-19(23)20-26-15-3-1-2-4-16(15)30(20)18-11-17(29-7-9-31-10-8-29)27-21(28-18)25-13-14-5-6-24-12-14/h1-4,11,14,19,24H,5-10,12-13H2,(H,25,27,28)/t14-/m1/s1. The van der Waals surface area contributed by atoms with Crippen LogP contribution in [-0.2, 0) is 4.74 Å². The van der Waals surface area contributed by atoms with Crippen molar-refractivity contribution in [1.82, 2.24) is 24.8 Å². The molecule has 164 valence electrons. The number of anilines is 2. The van der Waals surface area contributed by atoms with Gasteiger partial charge in [-0.15, -0.1) is 0 Å². The molecular formula is C21H25F2N7O. The van der Waals surface area contributed by atoms with Crippen LogP contribution in [0.2, 0.25) is 0 Å². The number of nitrogens with zero attached hydrogens (tertiary/aromatic N) is 5. The quantitative estimate of drug-likeness (QED) is 0.624. The van der Waals surface area contributed by atoms with E-state index >= 15 is 0 Å². The number of ether oxygens (including phenoxy) is 1. The number of imidazole rings is 1. The first-order chi connectivity index (χ1) is 15.2. The van der Waals surface area contributed by atoms with Crippen molar-refractivity contribution >= 4 is 22.8 Å². The Labute approximate surface area is 178 Å². The Balaban J connectivity index is 1.57. The van der Waals surface area contributed by atoms with E-state index in [1.165, 1.54) is 4.57 Å². The van der Waals surface area contributed by atoms with E-state index < -0.39 is 6.43 Å². The second-order valence-electron chi connectivity index (χ2n) is 7.84. The van der Waals surface area contributed by atoms with Crippen molar-refractivity contribution in [2.45, 2.75) is 12.8 Å². The molecule has 1 aromatic carbocycles. The second kappa shape index (κ2) is 8.72. The minimum atomic E-state index is -2.73. The monoisotopic (exact) mass is 429 g/mol. The zero-order valence-corrected chi connectivity index (χ0v) is 17.1. The van der Waals surface area contributed by atoms with Gasteiger partial charge in [-0.1, -0.05) is 12.1 Å². The van der Waals surface area contributed by atoms with Gasteiger partial charge in [0.25, 0.3) is 6.43 Å². The molecule has 0 aliphatic carbocycles. The van der Waals surface area contributed by atoms with Crippen molar-refractivity contribution < 1.29 is 13.5 Å². The Bertz CT molecular complexity index is 1050. The van der Waals surface area contributed by atoms with E-state index in [0.717, 1.165) is 26.1 Å². The number of nitrogens with one attached hydrogen (secondary N) is 2. The number of morpholine rings is 1. The highest BCUT2D eigenvalue weighted by atomic mass is 19.3. The highest BCUT2D eigenvalue weighted by Gasteiger charge is 2.23. The molecule has 0 spiro atoms. The lowest BCUT2D eigenvalue weighted by molar-refractivity contribution is 0.122. The van der Waals surface area contributed by atoms with Crippen molar-refractivity contribution in [3.63, 3.8) is 0 Å². The first-order valence-corrected chi connectivity index (χ1v) is 10.6. The molecule has 1 atom stereocenters. The van der Waals surface area contributed by atoms with Crippen molar-refractivity contribution in [3.8, 4) is 5.82 Å². The number of hydrogen-bond acceptors (Lipinski definition) is 7. The minimum absolute atomic E-state index is 0.321. The van der Waals surface area contributed by atoms with Gasteiger partial charge in [-0.2, -0.15) is 9.97 Å². The number of halogens is 2. The summed E-state index contributed by atoms with van der Waals surface area (Å²) in [6, 6.07) is 8.87. The topological polar surface area (TPSA) is 80.1 Å². The van der Waals surface area contributed by atoms with E-state index in [4.69, 9.17) is 4.74 Å². The van der Waals surface area contributed by atoms with Gasteiger partial charge in [-0.3, -0.25) is 4.57 Å². The molecule has 0 unspecified atom stereocenters. The number of hydrogen-bond donors (Lipinski definition) is 2. The molecule has 5 rings (SSSR count). The van der Waals surface area contributed by atoms with Crippen molar-refractivity contribution in [1.29, 1.82) is 0 Å². The maximum Gasteiger partial charge on any atom is 0.296 e. The zero-order valence-electron chi connectivity index (χ0n) is 17.1. The van der Waals surface area contributed by atoms with Gasteiger partial charge in [0, 0.05) is 25.7 Å². The summed E-state index contributed by atoms with van der Waals surface area (Å²) in [4.78, 5) is 15.6. The molecule has 2 saturated heterocycles. The largest absolute Gasteiger partial charge is 0.378 e. The summed E-state index contributed by atoms with van der Waals surface area (Å²) in [6.45, 7) is 5.27. The third-order valence-corrected chi connectivity index (χ3v) is 5.76. The van der Waals surface area contributed by atoms with E-state index in [1.807, 2.05) is 6.07 Å². The summed E-state index contributed by atoms with van der Waals surface area (Å²) in [5.74, 6) is 1.68. The fraction of sp³-hybridized carbons (Fsp3) is 0.476. The molecule has 2 aromatic heterocycles. The number of aromatic nitrogens is 4. The van der Waals surface area contributed by atoms with Gasteiger partial charge in [-0.25, -0.2) is 13.8 Å². The molecule has 31 heavy (non-hydrogen) atoms. The molecule has 8 nitrogen and oxygen atoms in total. The Morgan fingerprint density at radius 2 is 1.94 bits per heavy atom. The van der Waals surface area contributed by atoms with E-state index in [2.05, 4.69) is 30.5 Å². The van der Waals surface area contributed by atoms with Crippen LogP contribution in [0.1, 0.15) is 18.7 Å².